The molecule has 1 heterocycles. The lowest BCUT2D eigenvalue weighted by atomic mass is 10.2. The molecule has 8 heteroatoms. The maximum atomic E-state index is 12.0. The van der Waals surface area contributed by atoms with Crippen LogP contribution in [0, 0.1) is 0 Å². The second-order valence-electron chi connectivity index (χ2n) is 6.11. The van der Waals surface area contributed by atoms with Gasteiger partial charge in [-0.3, -0.25) is 10.1 Å². The summed E-state index contributed by atoms with van der Waals surface area (Å²) in [6.45, 7) is 2.48. The van der Waals surface area contributed by atoms with E-state index >= 15 is 0 Å². The van der Waals surface area contributed by atoms with Gasteiger partial charge in [-0.15, -0.1) is 10.2 Å². The lowest BCUT2D eigenvalue weighted by molar-refractivity contribution is -0.118. The predicted molar refractivity (Wildman–Crippen MR) is 112 cm³/mol. The van der Waals surface area contributed by atoms with Crippen LogP contribution in [0.5, 0.6) is 17.2 Å². The second kappa shape index (κ2) is 10.4. The zero-order chi connectivity index (χ0) is 20.5. The standard InChI is InChI=1S/C21H23N3O4S/c1-3-15-7-9-16(10-8-15)27-12-11-20-23-24-21(29-20)22-19(25)14-28-18-6-4-5-17(13-18)26-2/h4-10,13H,3,11-12,14H2,1-2H3,(H,22,24,25). The zero-order valence-corrected chi connectivity index (χ0v) is 17.2. The van der Waals surface area contributed by atoms with Crippen LogP contribution in [0.4, 0.5) is 5.13 Å². The van der Waals surface area contributed by atoms with E-state index < -0.39 is 0 Å². The smallest absolute Gasteiger partial charge is 0.264 e. The van der Waals surface area contributed by atoms with Crippen molar-refractivity contribution in [1.82, 2.24) is 10.2 Å². The van der Waals surface area contributed by atoms with Crippen molar-refractivity contribution < 1.29 is 19.0 Å². The number of benzene rings is 2. The van der Waals surface area contributed by atoms with Gasteiger partial charge < -0.3 is 14.2 Å². The third-order valence-corrected chi connectivity index (χ3v) is 4.94. The molecule has 0 fully saturated rings. The number of aromatic nitrogens is 2. The Morgan fingerprint density at radius 2 is 1.83 bits per heavy atom. The van der Waals surface area contributed by atoms with Crippen molar-refractivity contribution in [2.45, 2.75) is 19.8 Å². The molecule has 29 heavy (non-hydrogen) atoms. The summed E-state index contributed by atoms with van der Waals surface area (Å²) in [6.07, 6.45) is 1.62. The summed E-state index contributed by atoms with van der Waals surface area (Å²) >= 11 is 1.32. The van der Waals surface area contributed by atoms with Crippen LogP contribution in [0.1, 0.15) is 17.5 Å². The first kappa shape index (κ1) is 20.6. The van der Waals surface area contributed by atoms with Gasteiger partial charge in [-0.2, -0.15) is 0 Å². The summed E-state index contributed by atoms with van der Waals surface area (Å²) in [5.74, 6) is 1.75. The summed E-state index contributed by atoms with van der Waals surface area (Å²) in [4.78, 5) is 12.0. The molecule has 152 valence electrons. The Labute approximate surface area is 173 Å². The van der Waals surface area contributed by atoms with Crippen LogP contribution in [-0.4, -0.2) is 36.4 Å². The number of carbonyl (C=O) groups excluding carboxylic acids is 1. The van der Waals surface area contributed by atoms with Crippen LogP contribution in [0.2, 0.25) is 0 Å². The molecule has 0 atom stereocenters. The molecule has 0 spiro atoms. The molecule has 3 rings (SSSR count). The number of hydrogen-bond donors (Lipinski definition) is 1. The minimum atomic E-state index is -0.303. The SMILES string of the molecule is CCc1ccc(OCCc2nnc(NC(=O)COc3cccc(OC)c3)s2)cc1. The van der Waals surface area contributed by atoms with Gasteiger partial charge in [0.05, 0.1) is 13.7 Å². The van der Waals surface area contributed by atoms with E-state index in [0.29, 0.717) is 29.7 Å². The highest BCUT2D eigenvalue weighted by atomic mass is 32.1. The van der Waals surface area contributed by atoms with Gasteiger partial charge in [0.1, 0.15) is 22.3 Å². The number of hydrogen-bond acceptors (Lipinski definition) is 7. The number of aryl methyl sites for hydroxylation is 1. The predicted octanol–water partition coefficient (Wildman–Crippen LogP) is 3.75. The molecule has 3 aromatic rings. The Kier molecular flexibility index (Phi) is 7.40. The Bertz CT molecular complexity index is 928. The van der Waals surface area contributed by atoms with E-state index in [1.807, 2.05) is 12.1 Å². The molecule has 0 aliphatic rings. The molecule has 0 bridgehead atoms. The molecule has 1 amide bonds. The van der Waals surface area contributed by atoms with E-state index in [1.54, 1.807) is 31.4 Å². The Balaban J connectivity index is 1.41. The van der Waals surface area contributed by atoms with Crippen molar-refractivity contribution in [1.29, 1.82) is 0 Å². The monoisotopic (exact) mass is 413 g/mol. The maximum absolute atomic E-state index is 12.0. The van der Waals surface area contributed by atoms with Gasteiger partial charge in [0.15, 0.2) is 6.61 Å². The van der Waals surface area contributed by atoms with Crippen molar-refractivity contribution in [2.24, 2.45) is 0 Å². The third kappa shape index (κ3) is 6.46. The molecule has 7 nitrogen and oxygen atoms in total. The van der Waals surface area contributed by atoms with Gasteiger partial charge >= 0.3 is 0 Å². The highest BCUT2D eigenvalue weighted by Gasteiger charge is 2.09. The van der Waals surface area contributed by atoms with Gasteiger partial charge in [0, 0.05) is 12.5 Å². The number of methoxy groups -OCH3 is 1. The van der Waals surface area contributed by atoms with Crippen molar-refractivity contribution in [3.63, 3.8) is 0 Å². The molecule has 2 aromatic carbocycles. The summed E-state index contributed by atoms with van der Waals surface area (Å²) in [6, 6.07) is 15.1. The zero-order valence-electron chi connectivity index (χ0n) is 16.4. The fourth-order valence-electron chi connectivity index (χ4n) is 2.48. The Hall–Kier alpha value is -3.13. The summed E-state index contributed by atoms with van der Waals surface area (Å²) in [7, 11) is 1.58. The Morgan fingerprint density at radius 1 is 1.03 bits per heavy atom. The highest BCUT2D eigenvalue weighted by Crippen LogP contribution is 2.20. The highest BCUT2D eigenvalue weighted by molar-refractivity contribution is 7.15. The molecule has 0 aliphatic carbocycles. The molecule has 0 saturated heterocycles. The molecular weight excluding hydrogens is 390 g/mol. The number of anilines is 1. The number of nitrogens with one attached hydrogen (secondary N) is 1. The number of ether oxygens (including phenoxy) is 3. The van der Waals surface area contributed by atoms with E-state index in [2.05, 4.69) is 34.6 Å². The Morgan fingerprint density at radius 3 is 2.59 bits per heavy atom. The fraction of sp³-hybridized carbons (Fsp3) is 0.286. The molecule has 1 aromatic heterocycles. The van der Waals surface area contributed by atoms with E-state index in [9.17, 15) is 4.79 Å². The first-order valence-electron chi connectivity index (χ1n) is 9.27. The van der Waals surface area contributed by atoms with E-state index in [1.165, 1.54) is 16.9 Å². The van der Waals surface area contributed by atoms with Gasteiger partial charge in [-0.1, -0.05) is 36.5 Å². The van der Waals surface area contributed by atoms with Crippen molar-refractivity contribution >= 4 is 22.4 Å². The number of carbonyl (C=O) groups is 1. The van der Waals surface area contributed by atoms with E-state index in [0.717, 1.165) is 17.2 Å². The largest absolute Gasteiger partial charge is 0.497 e. The van der Waals surface area contributed by atoms with Gasteiger partial charge in [-0.25, -0.2) is 0 Å². The van der Waals surface area contributed by atoms with Crippen LogP contribution in [-0.2, 0) is 17.6 Å². The molecule has 1 N–H and O–H groups in total. The first-order valence-corrected chi connectivity index (χ1v) is 10.1. The fourth-order valence-corrected chi connectivity index (χ4v) is 3.21. The van der Waals surface area contributed by atoms with E-state index in [4.69, 9.17) is 14.2 Å². The van der Waals surface area contributed by atoms with Crippen LogP contribution < -0.4 is 19.5 Å². The van der Waals surface area contributed by atoms with Crippen LogP contribution in [0.3, 0.4) is 0 Å². The average Bonchev–Trinajstić information content (AvgIpc) is 3.20. The minimum Gasteiger partial charge on any atom is -0.497 e. The number of amides is 1. The minimum absolute atomic E-state index is 0.126. The summed E-state index contributed by atoms with van der Waals surface area (Å²) in [5.41, 5.74) is 1.28. The third-order valence-electron chi connectivity index (χ3n) is 4.04. The lowest BCUT2D eigenvalue weighted by Crippen LogP contribution is -2.20. The van der Waals surface area contributed by atoms with Crippen molar-refractivity contribution in [3.8, 4) is 17.2 Å². The molecule has 0 radical (unpaired) electrons. The molecule has 0 saturated carbocycles. The van der Waals surface area contributed by atoms with Crippen LogP contribution >= 0.6 is 11.3 Å². The lowest BCUT2D eigenvalue weighted by Gasteiger charge is -2.07. The van der Waals surface area contributed by atoms with Crippen molar-refractivity contribution in [3.05, 3.63) is 59.1 Å². The molecular formula is C21H23N3O4S. The normalized spacial score (nSPS) is 10.4. The van der Waals surface area contributed by atoms with Crippen LogP contribution in [0.25, 0.3) is 0 Å². The van der Waals surface area contributed by atoms with E-state index in [-0.39, 0.29) is 12.5 Å². The second-order valence-corrected chi connectivity index (χ2v) is 7.17. The van der Waals surface area contributed by atoms with Crippen molar-refractivity contribution in [2.75, 3.05) is 25.6 Å². The van der Waals surface area contributed by atoms with Gasteiger partial charge in [-0.05, 0) is 36.2 Å². The number of nitrogens with zero attached hydrogens (tertiary/aromatic N) is 2. The average molecular weight is 413 g/mol. The number of rotatable bonds is 10. The van der Waals surface area contributed by atoms with Gasteiger partial charge in [0.25, 0.3) is 5.91 Å². The first-order chi connectivity index (χ1) is 14.2. The molecule has 0 unspecified atom stereocenters. The maximum Gasteiger partial charge on any atom is 0.264 e. The van der Waals surface area contributed by atoms with Crippen LogP contribution in [0.15, 0.2) is 48.5 Å². The summed E-state index contributed by atoms with van der Waals surface area (Å²) in [5, 5.41) is 12.0. The molecule has 0 aliphatic heterocycles. The van der Waals surface area contributed by atoms with Gasteiger partial charge in [0.2, 0.25) is 5.13 Å². The topological polar surface area (TPSA) is 82.6 Å². The quantitative estimate of drug-likeness (QED) is 0.545. The summed E-state index contributed by atoms with van der Waals surface area (Å²) < 4.78 is 16.3.